The highest BCUT2D eigenvalue weighted by Gasteiger charge is 2.40. The van der Waals surface area contributed by atoms with Crippen molar-refractivity contribution < 1.29 is 18.3 Å². The molecule has 1 heterocycles. The fourth-order valence-corrected chi connectivity index (χ4v) is 1.57. The molecule has 3 nitrogen and oxygen atoms in total. The Balaban J connectivity index is 2.12. The highest BCUT2D eigenvalue weighted by atomic mass is 19.4. The van der Waals surface area contributed by atoms with E-state index in [2.05, 4.69) is 5.10 Å². The number of benzene rings is 1. The van der Waals surface area contributed by atoms with Gasteiger partial charge >= 0.3 is 6.18 Å². The molecule has 1 N–H and O–H groups in total. The van der Waals surface area contributed by atoms with Crippen LogP contribution in [-0.4, -0.2) is 21.1 Å². The third-order valence-electron chi connectivity index (χ3n) is 2.47. The van der Waals surface area contributed by atoms with Gasteiger partial charge in [0, 0.05) is 11.8 Å². The van der Waals surface area contributed by atoms with Gasteiger partial charge in [0.15, 0.2) is 6.10 Å². The maximum Gasteiger partial charge on any atom is 0.418 e. The van der Waals surface area contributed by atoms with Crippen LogP contribution in [0.5, 0.6) is 0 Å². The first-order valence-electron chi connectivity index (χ1n) is 5.28. The molecule has 0 aliphatic rings. The number of halogens is 3. The molecule has 1 aromatic carbocycles. The molecule has 1 aromatic heterocycles. The molecular weight excluding hydrogens is 245 g/mol. The van der Waals surface area contributed by atoms with Gasteiger partial charge in [0.05, 0.1) is 12.7 Å². The Morgan fingerprint density at radius 3 is 2.50 bits per heavy atom. The van der Waals surface area contributed by atoms with Crippen LogP contribution in [0.3, 0.4) is 0 Å². The highest BCUT2D eigenvalue weighted by Crippen LogP contribution is 2.31. The fraction of sp³-hybridized carbons (Fsp3) is 0.250. The molecule has 0 aliphatic carbocycles. The summed E-state index contributed by atoms with van der Waals surface area (Å²) in [7, 11) is 0. The monoisotopic (exact) mass is 256 g/mol. The quantitative estimate of drug-likeness (QED) is 0.916. The van der Waals surface area contributed by atoms with Crippen LogP contribution in [0.1, 0.15) is 17.2 Å². The Morgan fingerprint density at radius 1 is 1.22 bits per heavy atom. The van der Waals surface area contributed by atoms with Crippen molar-refractivity contribution in [1.29, 1.82) is 0 Å². The molecule has 0 bridgehead atoms. The molecule has 2 aromatic rings. The van der Waals surface area contributed by atoms with Gasteiger partial charge < -0.3 is 5.11 Å². The molecule has 0 saturated heterocycles. The van der Waals surface area contributed by atoms with Gasteiger partial charge in [-0.25, -0.2) is 0 Å². The number of nitrogens with zero attached hydrogens (tertiary/aromatic N) is 2. The lowest BCUT2D eigenvalue weighted by atomic mass is 10.2. The van der Waals surface area contributed by atoms with Crippen molar-refractivity contribution in [3.63, 3.8) is 0 Å². The van der Waals surface area contributed by atoms with Gasteiger partial charge in [0.1, 0.15) is 0 Å². The molecule has 0 radical (unpaired) electrons. The molecule has 0 spiro atoms. The van der Waals surface area contributed by atoms with Crippen molar-refractivity contribution in [2.45, 2.75) is 18.8 Å². The van der Waals surface area contributed by atoms with Crippen LogP contribution in [0.15, 0.2) is 42.7 Å². The molecular formula is C12H11F3N2O. The van der Waals surface area contributed by atoms with E-state index < -0.39 is 12.3 Å². The summed E-state index contributed by atoms with van der Waals surface area (Å²) in [5.41, 5.74) is 0.673. The van der Waals surface area contributed by atoms with Crippen molar-refractivity contribution in [2.24, 2.45) is 0 Å². The molecule has 18 heavy (non-hydrogen) atoms. The molecule has 0 amide bonds. The van der Waals surface area contributed by atoms with Crippen molar-refractivity contribution in [1.82, 2.24) is 9.78 Å². The lowest BCUT2D eigenvalue weighted by Crippen LogP contribution is -2.19. The maximum atomic E-state index is 12.3. The summed E-state index contributed by atoms with van der Waals surface area (Å²) in [4.78, 5) is 0. The van der Waals surface area contributed by atoms with E-state index in [9.17, 15) is 13.2 Å². The minimum Gasteiger partial charge on any atom is -0.379 e. The number of hydrogen-bond donors (Lipinski definition) is 1. The number of rotatable bonds is 3. The number of alkyl halides is 3. The topological polar surface area (TPSA) is 38.1 Å². The van der Waals surface area contributed by atoms with E-state index in [0.29, 0.717) is 6.54 Å². The smallest absolute Gasteiger partial charge is 0.379 e. The average molecular weight is 256 g/mol. The van der Waals surface area contributed by atoms with Crippen molar-refractivity contribution in [3.8, 4) is 0 Å². The first-order chi connectivity index (χ1) is 8.47. The second-order valence-corrected chi connectivity index (χ2v) is 3.90. The largest absolute Gasteiger partial charge is 0.418 e. The van der Waals surface area contributed by atoms with Crippen LogP contribution in [0.25, 0.3) is 0 Å². The number of hydrogen-bond acceptors (Lipinski definition) is 2. The molecule has 2 rings (SSSR count). The minimum absolute atomic E-state index is 0.251. The molecule has 0 fully saturated rings. The Kier molecular flexibility index (Phi) is 3.38. The van der Waals surface area contributed by atoms with Crippen LogP contribution in [0.2, 0.25) is 0 Å². The fourth-order valence-electron chi connectivity index (χ4n) is 1.57. The SMILES string of the molecule is O[C@H](c1cnn(Cc2ccccc2)c1)C(F)(F)F. The van der Waals surface area contributed by atoms with Crippen LogP contribution < -0.4 is 0 Å². The molecule has 1 atom stereocenters. The zero-order valence-corrected chi connectivity index (χ0v) is 9.30. The van der Waals surface area contributed by atoms with Gasteiger partial charge in [-0.15, -0.1) is 0 Å². The molecule has 96 valence electrons. The van der Waals surface area contributed by atoms with Crippen molar-refractivity contribution in [2.75, 3.05) is 0 Å². The van der Waals surface area contributed by atoms with Gasteiger partial charge in [-0.3, -0.25) is 4.68 Å². The van der Waals surface area contributed by atoms with Crippen molar-refractivity contribution >= 4 is 0 Å². The van der Waals surface area contributed by atoms with Gasteiger partial charge in [-0.1, -0.05) is 30.3 Å². The Labute approximate surface area is 101 Å². The zero-order valence-electron chi connectivity index (χ0n) is 9.30. The van der Waals surface area contributed by atoms with E-state index in [0.717, 1.165) is 11.8 Å². The second-order valence-electron chi connectivity index (χ2n) is 3.90. The predicted octanol–water partition coefficient (Wildman–Crippen LogP) is 2.53. The molecule has 0 saturated carbocycles. The summed E-state index contributed by atoms with van der Waals surface area (Å²) < 4.78 is 38.2. The summed E-state index contributed by atoms with van der Waals surface area (Å²) in [6.45, 7) is 0.366. The average Bonchev–Trinajstić information content (AvgIpc) is 2.76. The Bertz CT molecular complexity index is 508. The van der Waals surface area contributed by atoms with E-state index >= 15 is 0 Å². The lowest BCUT2D eigenvalue weighted by Gasteiger charge is -2.11. The van der Waals surface area contributed by atoms with E-state index in [1.807, 2.05) is 30.3 Å². The van der Waals surface area contributed by atoms with Crippen LogP contribution in [0, 0.1) is 0 Å². The predicted molar refractivity (Wildman–Crippen MR) is 58.8 cm³/mol. The van der Waals surface area contributed by atoms with E-state index in [4.69, 9.17) is 5.11 Å². The number of aromatic nitrogens is 2. The summed E-state index contributed by atoms with van der Waals surface area (Å²) >= 11 is 0. The van der Waals surface area contributed by atoms with E-state index in [1.165, 1.54) is 10.9 Å². The summed E-state index contributed by atoms with van der Waals surface area (Å²) in [6.07, 6.45) is -4.92. The van der Waals surface area contributed by atoms with Crippen molar-refractivity contribution in [3.05, 3.63) is 53.9 Å². The zero-order chi connectivity index (χ0) is 13.2. The normalized spacial score (nSPS) is 13.6. The van der Waals surface area contributed by atoms with Crippen LogP contribution >= 0.6 is 0 Å². The number of aliphatic hydroxyl groups is 1. The minimum atomic E-state index is -4.67. The molecule has 0 unspecified atom stereocenters. The van der Waals surface area contributed by atoms with E-state index in [1.54, 1.807) is 0 Å². The summed E-state index contributed by atoms with van der Waals surface area (Å²) in [6, 6.07) is 9.23. The van der Waals surface area contributed by atoms with E-state index in [-0.39, 0.29) is 5.56 Å². The lowest BCUT2D eigenvalue weighted by molar-refractivity contribution is -0.206. The van der Waals surface area contributed by atoms with Crippen LogP contribution in [-0.2, 0) is 6.54 Å². The highest BCUT2D eigenvalue weighted by molar-refractivity contribution is 5.16. The Morgan fingerprint density at radius 2 is 1.89 bits per heavy atom. The number of aliphatic hydroxyl groups excluding tert-OH is 1. The first kappa shape index (κ1) is 12.6. The standard InChI is InChI=1S/C12H11F3N2O/c13-12(14,15)11(18)10-6-16-17(8-10)7-9-4-2-1-3-5-9/h1-6,8,11,18H,7H2/t11-/m1/s1. The molecule has 6 heteroatoms. The third-order valence-corrected chi connectivity index (χ3v) is 2.47. The van der Waals surface area contributed by atoms with Crippen LogP contribution in [0.4, 0.5) is 13.2 Å². The Hall–Kier alpha value is -1.82. The molecule has 0 aliphatic heterocycles. The van der Waals surface area contributed by atoms with Gasteiger partial charge in [-0.2, -0.15) is 18.3 Å². The van der Waals surface area contributed by atoms with Gasteiger partial charge in [0.2, 0.25) is 0 Å². The first-order valence-corrected chi connectivity index (χ1v) is 5.28. The van der Waals surface area contributed by atoms with Gasteiger partial charge in [-0.05, 0) is 5.56 Å². The third kappa shape index (κ3) is 2.89. The summed E-state index contributed by atoms with van der Waals surface area (Å²) in [5, 5.41) is 12.9. The maximum absolute atomic E-state index is 12.3. The van der Waals surface area contributed by atoms with Gasteiger partial charge in [0.25, 0.3) is 0 Å². The summed E-state index contributed by atoms with van der Waals surface area (Å²) in [5.74, 6) is 0. The second kappa shape index (κ2) is 4.81.